The summed E-state index contributed by atoms with van der Waals surface area (Å²) in [7, 11) is 0. The number of allylic oxidation sites excluding steroid dienone is 4. The van der Waals surface area contributed by atoms with E-state index in [2.05, 4.69) is 25.2 Å². The molecule has 57 valence electrons. The van der Waals surface area contributed by atoms with Crippen LogP contribution in [0.4, 0.5) is 0 Å². The van der Waals surface area contributed by atoms with Gasteiger partial charge in [-0.25, -0.2) is 11.6 Å². The van der Waals surface area contributed by atoms with Crippen molar-refractivity contribution in [3.63, 3.8) is 0 Å². The molecule has 1 radical (unpaired) electrons. The molecule has 0 spiro atoms. The van der Waals surface area contributed by atoms with Gasteiger partial charge in [-0.15, -0.1) is 31.2 Å². The fourth-order valence-corrected chi connectivity index (χ4v) is 0.515. The maximum atomic E-state index is 3.12. The second-order valence-corrected chi connectivity index (χ2v) is 1.47. The Labute approximate surface area is 81.4 Å². The van der Waals surface area contributed by atoms with Gasteiger partial charge in [-0.2, -0.15) is 6.08 Å². The summed E-state index contributed by atoms with van der Waals surface area (Å²) in [5.41, 5.74) is 1.27. The summed E-state index contributed by atoms with van der Waals surface area (Å²) in [6, 6.07) is 0. The van der Waals surface area contributed by atoms with Gasteiger partial charge in [0.25, 0.3) is 0 Å². The van der Waals surface area contributed by atoms with E-state index in [0.29, 0.717) is 0 Å². The van der Waals surface area contributed by atoms with E-state index in [1.165, 1.54) is 5.57 Å². The Bertz CT molecular complexity index is 105. The molecule has 0 saturated heterocycles. The van der Waals surface area contributed by atoms with Gasteiger partial charge in [0.1, 0.15) is 0 Å². The second kappa shape index (κ2) is 8.68. The first-order valence-corrected chi connectivity index (χ1v) is 2.13. The van der Waals surface area contributed by atoms with Crippen LogP contribution in [0.2, 0.25) is 0 Å². The molecule has 3 heteroatoms. The number of halogens is 2. The Kier molecular flexibility index (Phi) is 15.8. The first-order valence-electron chi connectivity index (χ1n) is 2.13. The molecule has 9 heavy (non-hydrogen) atoms. The Morgan fingerprint density at radius 2 is 2.00 bits per heavy atom. The molecular weight excluding hydrogens is 246 g/mol. The van der Waals surface area contributed by atoms with Crippen LogP contribution in [0.5, 0.6) is 0 Å². The molecule has 0 nitrogen and oxygen atoms in total. The molecule has 0 unspecified atom stereocenters. The molecule has 0 aromatic rings. The van der Waals surface area contributed by atoms with Crippen LogP contribution in [0.3, 0.4) is 0 Å². The minimum absolute atomic E-state index is 0. The zero-order valence-corrected chi connectivity index (χ0v) is 8.28. The Hall–Kier alpha value is 0.683. The van der Waals surface area contributed by atoms with Crippen molar-refractivity contribution in [1.82, 2.24) is 0 Å². The Morgan fingerprint density at radius 1 is 1.44 bits per heavy atom. The average molecular weight is 255 g/mol. The molecule has 0 saturated carbocycles. The molecule has 0 atom stereocenters. The molecule has 0 N–H and O–H groups in total. The fraction of sp³-hybridized carbons (Fsp3) is 0.333. The van der Waals surface area contributed by atoms with Crippen molar-refractivity contribution in [2.45, 2.75) is 13.3 Å². The summed E-state index contributed by atoms with van der Waals surface area (Å²) in [6.07, 6.45) is 8.33. The maximum absolute atomic E-state index is 3.12. The third-order valence-electron chi connectivity index (χ3n) is 0.867. The largest absolute Gasteiger partial charge is 0.270 e. The summed E-state index contributed by atoms with van der Waals surface area (Å²) in [5, 5.41) is 0. The van der Waals surface area contributed by atoms with Crippen LogP contribution in [-0.4, -0.2) is 0 Å². The minimum atomic E-state index is 0. The summed E-state index contributed by atoms with van der Waals surface area (Å²) in [4.78, 5) is 0. The molecule has 0 amide bonds. The van der Waals surface area contributed by atoms with E-state index in [4.69, 9.17) is 0 Å². The third-order valence-corrected chi connectivity index (χ3v) is 0.867. The van der Waals surface area contributed by atoms with Crippen LogP contribution in [0, 0.1) is 6.08 Å². The smallest absolute Gasteiger partial charge is 0 e. The third kappa shape index (κ3) is 6.57. The van der Waals surface area contributed by atoms with E-state index in [-0.39, 0.29) is 44.3 Å². The number of rotatable bonds is 0. The van der Waals surface area contributed by atoms with Crippen molar-refractivity contribution in [1.29, 1.82) is 0 Å². The number of hydrogen-bond acceptors (Lipinski definition) is 0. The van der Waals surface area contributed by atoms with Crippen LogP contribution in [0.25, 0.3) is 0 Å². The van der Waals surface area contributed by atoms with E-state index in [9.17, 15) is 0 Å². The summed E-state index contributed by atoms with van der Waals surface area (Å²) in [5.74, 6) is 0. The topological polar surface area (TPSA) is 0 Å². The fourth-order valence-electron chi connectivity index (χ4n) is 0.515. The van der Waals surface area contributed by atoms with Gasteiger partial charge in [0.15, 0.2) is 0 Å². The number of hydrogen-bond donors (Lipinski definition) is 0. The standard InChI is InChI=1S/C6H7.2ClH.Rh/c1-6-4-2-3-5-6;;;/h2,4H,3H2,1H3;2*1H;/q-1;;;. The van der Waals surface area contributed by atoms with Gasteiger partial charge in [0, 0.05) is 19.5 Å². The minimum Gasteiger partial charge on any atom is -0.270 e. The molecular formula is C6H9Cl2Rh-. The van der Waals surface area contributed by atoms with Gasteiger partial charge in [0.2, 0.25) is 0 Å². The van der Waals surface area contributed by atoms with Gasteiger partial charge in [0.05, 0.1) is 0 Å². The van der Waals surface area contributed by atoms with E-state index >= 15 is 0 Å². The van der Waals surface area contributed by atoms with Crippen LogP contribution in [-0.2, 0) is 19.5 Å². The van der Waals surface area contributed by atoms with Gasteiger partial charge >= 0.3 is 0 Å². The summed E-state index contributed by atoms with van der Waals surface area (Å²) < 4.78 is 0. The first-order chi connectivity index (χ1) is 2.89. The molecule has 0 aliphatic heterocycles. The van der Waals surface area contributed by atoms with Gasteiger partial charge in [-0.05, 0) is 0 Å². The summed E-state index contributed by atoms with van der Waals surface area (Å²) in [6.45, 7) is 2.06. The molecule has 0 bridgehead atoms. The van der Waals surface area contributed by atoms with Crippen molar-refractivity contribution >= 4 is 24.8 Å². The van der Waals surface area contributed by atoms with E-state index in [0.717, 1.165) is 6.42 Å². The Balaban J connectivity index is -0.000000120. The van der Waals surface area contributed by atoms with Crippen LogP contribution < -0.4 is 0 Å². The first kappa shape index (κ1) is 16.3. The van der Waals surface area contributed by atoms with Crippen molar-refractivity contribution in [2.24, 2.45) is 0 Å². The van der Waals surface area contributed by atoms with Crippen molar-refractivity contribution in [2.75, 3.05) is 0 Å². The zero-order chi connectivity index (χ0) is 4.41. The molecule has 1 rings (SSSR count). The van der Waals surface area contributed by atoms with Crippen LogP contribution in [0.15, 0.2) is 17.7 Å². The van der Waals surface area contributed by atoms with E-state index in [1.807, 2.05) is 0 Å². The quantitative estimate of drug-likeness (QED) is 0.461. The Morgan fingerprint density at radius 3 is 2.11 bits per heavy atom. The summed E-state index contributed by atoms with van der Waals surface area (Å²) >= 11 is 0. The van der Waals surface area contributed by atoms with Crippen molar-refractivity contribution < 1.29 is 19.5 Å². The maximum Gasteiger partial charge on any atom is 0 e. The van der Waals surface area contributed by atoms with Crippen molar-refractivity contribution in [3.8, 4) is 0 Å². The molecule has 1 aliphatic carbocycles. The molecule has 0 heterocycles. The van der Waals surface area contributed by atoms with E-state index in [1.54, 1.807) is 0 Å². The monoisotopic (exact) mass is 254 g/mol. The van der Waals surface area contributed by atoms with E-state index < -0.39 is 0 Å². The van der Waals surface area contributed by atoms with Crippen LogP contribution >= 0.6 is 24.8 Å². The molecule has 0 aromatic carbocycles. The van der Waals surface area contributed by atoms with Crippen molar-refractivity contribution in [3.05, 3.63) is 23.8 Å². The molecule has 1 aliphatic rings. The predicted molar refractivity (Wildman–Crippen MR) is 40.7 cm³/mol. The SMILES string of the molecule is CC1=[C-]CC=C1.Cl.Cl.[Rh]. The van der Waals surface area contributed by atoms with Gasteiger partial charge < -0.3 is 0 Å². The normalized spacial score (nSPS) is 12.3. The van der Waals surface area contributed by atoms with Gasteiger partial charge in [-0.1, -0.05) is 6.92 Å². The average Bonchev–Trinajstić information content (AvgIpc) is 1.86. The predicted octanol–water partition coefficient (Wildman–Crippen LogP) is 2.54. The van der Waals surface area contributed by atoms with Gasteiger partial charge in [-0.3, -0.25) is 6.08 Å². The van der Waals surface area contributed by atoms with Crippen LogP contribution in [0.1, 0.15) is 13.3 Å². The molecule has 0 fully saturated rings. The second-order valence-electron chi connectivity index (χ2n) is 1.47. The molecule has 0 aromatic heterocycles. The zero-order valence-electron chi connectivity index (χ0n) is 5.01.